The Morgan fingerprint density at radius 2 is 2.00 bits per heavy atom. The van der Waals surface area contributed by atoms with Gasteiger partial charge in [-0.25, -0.2) is 9.67 Å². The number of nitrogens with zero attached hydrogens (tertiary/aromatic N) is 6. The molecule has 4 rings (SSSR count). The Hall–Kier alpha value is -1.73. The molecule has 7 nitrogen and oxygen atoms in total. The summed E-state index contributed by atoms with van der Waals surface area (Å²) in [6, 6.07) is 0.476. The molecule has 0 atom stereocenters. The van der Waals surface area contributed by atoms with Crippen molar-refractivity contribution in [3.05, 3.63) is 30.1 Å². The van der Waals surface area contributed by atoms with Gasteiger partial charge in [0, 0.05) is 38.6 Å². The van der Waals surface area contributed by atoms with Crippen LogP contribution in [0.15, 0.2) is 18.6 Å². The number of H-pyrrole nitrogens is 1. The SMILES string of the molecule is CC1(C)CCN(Cc2cn(C3CCN(Cc4ncc[nH]4)CC3)nn2)C1. The summed E-state index contributed by atoms with van der Waals surface area (Å²) in [4.78, 5) is 12.5. The summed E-state index contributed by atoms with van der Waals surface area (Å²) in [5, 5.41) is 8.85. The maximum atomic E-state index is 4.43. The van der Waals surface area contributed by atoms with Crippen molar-refractivity contribution >= 4 is 0 Å². The van der Waals surface area contributed by atoms with Crippen molar-refractivity contribution < 1.29 is 0 Å². The zero-order valence-corrected chi connectivity index (χ0v) is 15.4. The molecule has 2 aliphatic rings. The fraction of sp³-hybridized carbons (Fsp3) is 0.722. The minimum Gasteiger partial charge on any atom is -0.348 e. The lowest BCUT2D eigenvalue weighted by Crippen LogP contribution is -2.34. The van der Waals surface area contributed by atoms with Gasteiger partial charge in [-0.15, -0.1) is 5.10 Å². The second-order valence-electron chi connectivity index (χ2n) is 8.36. The van der Waals surface area contributed by atoms with E-state index >= 15 is 0 Å². The van der Waals surface area contributed by atoms with Crippen molar-refractivity contribution in [1.29, 1.82) is 0 Å². The third-order valence-corrected chi connectivity index (χ3v) is 5.56. The predicted octanol–water partition coefficient (Wildman–Crippen LogP) is 2.07. The number of likely N-dealkylation sites (tertiary alicyclic amines) is 2. The highest BCUT2D eigenvalue weighted by atomic mass is 15.4. The number of hydrogen-bond acceptors (Lipinski definition) is 5. The first-order chi connectivity index (χ1) is 12.1. The smallest absolute Gasteiger partial charge is 0.120 e. The average molecular weight is 343 g/mol. The molecule has 1 N–H and O–H groups in total. The van der Waals surface area contributed by atoms with Gasteiger partial charge in [0.1, 0.15) is 5.82 Å². The molecular weight excluding hydrogens is 314 g/mol. The van der Waals surface area contributed by atoms with E-state index in [0.29, 0.717) is 11.5 Å². The average Bonchev–Trinajstić information content (AvgIpc) is 3.31. The van der Waals surface area contributed by atoms with Crippen LogP contribution in [0.4, 0.5) is 0 Å². The summed E-state index contributed by atoms with van der Waals surface area (Å²) in [6.07, 6.45) is 9.40. The molecule has 2 fully saturated rings. The molecule has 2 aromatic heterocycles. The van der Waals surface area contributed by atoms with E-state index in [0.717, 1.165) is 57.1 Å². The van der Waals surface area contributed by atoms with Crippen LogP contribution in [0, 0.1) is 5.41 Å². The number of rotatable bonds is 5. The van der Waals surface area contributed by atoms with E-state index in [1.54, 1.807) is 0 Å². The Labute approximate surface area is 149 Å². The molecule has 2 aromatic rings. The summed E-state index contributed by atoms with van der Waals surface area (Å²) >= 11 is 0. The maximum Gasteiger partial charge on any atom is 0.120 e. The molecule has 0 unspecified atom stereocenters. The Morgan fingerprint density at radius 1 is 1.16 bits per heavy atom. The highest BCUT2D eigenvalue weighted by Gasteiger charge is 2.29. The molecule has 0 saturated carbocycles. The number of imidazole rings is 1. The summed E-state index contributed by atoms with van der Waals surface area (Å²) in [5.74, 6) is 1.05. The van der Waals surface area contributed by atoms with Gasteiger partial charge in [0.05, 0.1) is 24.5 Å². The number of aromatic amines is 1. The first kappa shape index (κ1) is 16.7. The fourth-order valence-corrected chi connectivity index (χ4v) is 4.09. The zero-order valence-electron chi connectivity index (χ0n) is 15.4. The van der Waals surface area contributed by atoms with Crippen molar-refractivity contribution in [1.82, 2.24) is 34.8 Å². The number of piperidine rings is 1. The molecule has 0 aliphatic carbocycles. The van der Waals surface area contributed by atoms with Crippen molar-refractivity contribution in [2.45, 2.75) is 52.2 Å². The molecule has 136 valence electrons. The van der Waals surface area contributed by atoms with Crippen molar-refractivity contribution in [2.75, 3.05) is 26.2 Å². The topological polar surface area (TPSA) is 65.9 Å². The minimum atomic E-state index is 0.441. The second-order valence-corrected chi connectivity index (χ2v) is 8.36. The van der Waals surface area contributed by atoms with Crippen molar-refractivity contribution in [2.24, 2.45) is 5.41 Å². The Balaban J connectivity index is 1.28. The van der Waals surface area contributed by atoms with E-state index < -0.39 is 0 Å². The lowest BCUT2D eigenvalue weighted by molar-refractivity contribution is 0.169. The summed E-state index contributed by atoms with van der Waals surface area (Å²) < 4.78 is 2.10. The Morgan fingerprint density at radius 3 is 2.68 bits per heavy atom. The van der Waals surface area contributed by atoms with Crippen LogP contribution in [0.5, 0.6) is 0 Å². The largest absolute Gasteiger partial charge is 0.348 e. The first-order valence-electron chi connectivity index (χ1n) is 9.41. The normalized spacial score (nSPS) is 22.6. The van der Waals surface area contributed by atoms with Crippen molar-refractivity contribution in [3.63, 3.8) is 0 Å². The molecule has 2 aliphatic heterocycles. The molecule has 25 heavy (non-hydrogen) atoms. The second kappa shape index (κ2) is 6.88. The highest BCUT2D eigenvalue weighted by Crippen LogP contribution is 2.29. The van der Waals surface area contributed by atoms with Gasteiger partial charge < -0.3 is 4.98 Å². The molecule has 0 spiro atoms. The van der Waals surface area contributed by atoms with Crippen LogP contribution >= 0.6 is 0 Å². The summed E-state index contributed by atoms with van der Waals surface area (Å²) in [6.45, 7) is 11.0. The maximum absolute atomic E-state index is 4.43. The van der Waals surface area contributed by atoms with Gasteiger partial charge in [-0.1, -0.05) is 19.1 Å². The van der Waals surface area contributed by atoms with Gasteiger partial charge in [0.15, 0.2) is 0 Å². The van der Waals surface area contributed by atoms with Crippen LogP contribution in [0.1, 0.15) is 50.7 Å². The van der Waals surface area contributed by atoms with Gasteiger partial charge in [-0.3, -0.25) is 9.80 Å². The van der Waals surface area contributed by atoms with Crippen LogP contribution in [0.25, 0.3) is 0 Å². The summed E-state index contributed by atoms with van der Waals surface area (Å²) in [7, 11) is 0. The lowest BCUT2D eigenvalue weighted by atomic mass is 9.93. The molecule has 0 bridgehead atoms. The highest BCUT2D eigenvalue weighted by molar-refractivity contribution is 4.97. The van der Waals surface area contributed by atoms with Gasteiger partial charge in [0.25, 0.3) is 0 Å². The Kier molecular flexibility index (Phi) is 4.60. The van der Waals surface area contributed by atoms with Crippen LogP contribution in [0.3, 0.4) is 0 Å². The van der Waals surface area contributed by atoms with Crippen molar-refractivity contribution in [3.8, 4) is 0 Å². The van der Waals surface area contributed by atoms with Crippen LogP contribution in [-0.2, 0) is 13.1 Å². The number of nitrogens with one attached hydrogen (secondary N) is 1. The zero-order chi connectivity index (χ0) is 17.3. The molecular formula is C18H29N7. The number of hydrogen-bond donors (Lipinski definition) is 1. The molecule has 0 amide bonds. The molecule has 2 saturated heterocycles. The van der Waals surface area contributed by atoms with E-state index in [1.807, 2.05) is 12.4 Å². The van der Waals surface area contributed by atoms with Crippen LogP contribution in [0.2, 0.25) is 0 Å². The van der Waals surface area contributed by atoms with Gasteiger partial charge in [-0.05, 0) is 31.2 Å². The van der Waals surface area contributed by atoms with Crippen LogP contribution < -0.4 is 0 Å². The van der Waals surface area contributed by atoms with E-state index in [4.69, 9.17) is 0 Å². The Bertz CT molecular complexity index is 667. The standard InChI is InChI=1S/C18H29N7/c1-18(2)5-10-24(14-18)11-15-12-25(22-21-15)16-3-8-23(9-4-16)13-17-19-6-7-20-17/h6-7,12,16H,3-5,8-11,13-14H2,1-2H3,(H,19,20). The molecule has 7 heteroatoms. The van der Waals surface area contributed by atoms with Gasteiger partial charge in [-0.2, -0.15) is 0 Å². The van der Waals surface area contributed by atoms with Gasteiger partial charge >= 0.3 is 0 Å². The molecule has 0 radical (unpaired) electrons. The predicted molar refractivity (Wildman–Crippen MR) is 95.8 cm³/mol. The minimum absolute atomic E-state index is 0.441. The van der Waals surface area contributed by atoms with Gasteiger partial charge in [0.2, 0.25) is 0 Å². The van der Waals surface area contributed by atoms with E-state index in [2.05, 4.69) is 54.8 Å². The lowest BCUT2D eigenvalue weighted by Gasteiger charge is -2.31. The van der Waals surface area contributed by atoms with E-state index in [1.165, 1.54) is 13.0 Å². The summed E-state index contributed by atoms with van der Waals surface area (Å²) in [5.41, 5.74) is 1.55. The van der Waals surface area contributed by atoms with E-state index in [9.17, 15) is 0 Å². The first-order valence-corrected chi connectivity index (χ1v) is 9.41. The number of aromatic nitrogens is 5. The fourth-order valence-electron chi connectivity index (χ4n) is 4.09. The monoisotopic (exact) mass is 343 g/mol. The third-order valence-electron chi connectivity index (χ3n) is 5.56. The third kappa shape index (κ3) is 4.10. The van der Waals surface area contributed by atoms with E-state index in [-0.39, 0.29) is 0 Å². The van der Waals surface area contributed by atoms with Crippen LogP contribution in [-0.4, -0.2) is 60.9 Å². The molecule has 4 heterocycles. The molecule has 0 aromatic carbocycles. The quantitative estimate of drug-likeness (QED) is 0.900.